The minimum absolute atomic E-state index is 0.735. The Hall–Kier alpha value is 0.490. The van der Waals surface area contributed by atoms with Crippen molar-refractivity contribution in [2.24, 2.45) is 0 Å². The lowest BCUT2D eigenvalue weighted by molar-refractivity contribution is 0.517. The van der Waals surface area contributed by atoms with E-state index in [2.05, 4.69) is 52.1 Å². The minimum Gasteiger partial charge on any atom is -0.312 e. The Bertz CT molecular complexity index is 313. The number of halogens is 1. The molecule has 0 radical (unpaired) electrons. The van der Waals surface area contributed by atoms with E-state index in [1.165, 1.54) is 20.8 Å². The molecule has 1 aliphatic rings. The molecule has 1 aliphatic heterocycles. The van der Waals surface area contributed by atoms with E-state index in [0.29, 0.717) is 0 Å². The molecule has 0 aromatic carbocycles. The zero-order valence-corrected chi connectivity index (χ0v) is 12.1. The van der Waals surface area contributed by atoms with Crippen LogP contribution in [0.4, 0.5) is 0 Å². The van der Waals surface area contributed by atoms with E-state index in [0.717, 1.165) is 24.3 Å². The summed E-state index contributed by atoms with van der Waals surface area (Å²) in [6, 6.07) is 5.08. The van der Waals surface area contributed by atoms with E-state index >= 15 is 0 Å². The van der Waals surface area contributed by atoms with Gasteiger partial charge in [-0.3, -0.25) is 0 Å². The van der Waals surface area contributed by atoms with Gasteiger partial charge in [0.05, 0.1) is 3.79 Å². The Morgan fingerprint density at radius 2 is 2.40 bits per heavy atom. The van der Waals surface area contributed by atoms with Crippen molar-refractivity contribution in [1.82, 2.24) is 5.32 Å². The van der Waals surface area contributed by atoms with E-state index in [4.69, 9.17) is 0 Å². The largest absolute Gasteiger partial charge is 0.312 e. The summed E-state index contributed by atoms with van der Waals surface area (Å²) in [5.41, 5.74) is 0. The molecule has 0 amide bonds. The van der Waals surface area contributed by atoms with Crippen LogP contribution in [-0.2, 0) is 6.42 Å². The Labute approximate surface area is 108 Å². The number of hydrogen-bond acceptors (Lipinski definition) is 3. The van der Waals surface area contributed by atoms with Crippen LogP contribution in [-0.4, -0.2) is 23.6 Å². The van der Waals surface area contributed by atoms with Crippen LogP contribution < -0.4 is 5.32 Å². The van der Waals surface area contributed by atoms with E-state index < -0.39 is 0 Å². The van der Waals surface area contributed by atoms with Crippen molar-refractivity contribution in [2.75, 3.05) is 12.3 Å². The SMILES string of the molecule is CC1SCCC1NCCc1ccc(Br)s1. The van der Waals surface area contributed by atoms with Crippen LogP contribution >= 0.6 is 39.0 Å². The van der Waals surface area contributed by atoms with Gasteiger partial charge in [0.1, 0.15) is 0 Å². The van der Waals surface area contributed by atoms with Crippen LogP contribution in [0.3, 0.4) is 0 Å². The number of thioether (sulfide) groups is 1. The lowest BCUT2D eigenvalue weighted by atomic mass is 10.1. The Morgan fingerprint density at radius 1 is 1.53 bits per heavy atom. The van der Waals surface area contributed by atoms with E-state index in [9.17, 15) is 0 Å². The van der Waals surface area contributed by atoms with Gasteiger partial charge in [-0.25, -0.2) is 0 Å². The van der Waals surface area contributed by atoms with Gasteiger partial charge >= 0.3 is 0 Å². The van der Waals surface area contributed by atoms with Gasteiger partial charge in [0.15, 0.2) is 0 Å². The van der Waals surface area contributed by atoms with Crippen LogP contribution in [0.5, 0.6) is 0 Å². The maximum Gasteiger partial charge on any atom is 0.0701 e. The van der Waals surface area contributed by atoms with Crippen molar-refractivity contribution in [2.45, 2.75) is 31.1 Å². The van der Waals surface area contributed by atoms with Crippen LogP contribution in [0.1, 0.15) is 18.2 Å². The predicted molar refractivity (Wildman–Crippen MR) is 74.1 cm³/mol. The first-order chi connectivity index (χ1) is 7.25. The zero-order valence-electron chi connectivity index (χ0n) is 8.83. The van der Waals surface area contributed by atoms with Gasteiger partial charge in [0, 0.05) is 22.7 Å². The Balaban J connectivity index is 1.70. The second-order valence-electron chi connectivity index (χ2n) is 3.88. The molecule has 0 aliphatic carbocycles. The van der Waals surface area contributed by atoms with E-state index in [1.807, 2.05) is 11.3 Å². The number of hydrogen-bond donors (Lipinski definition) is 1. The van der Waals surface area contributed by atoms with Crippen LogP contribution in [0.25, 0.3) is 0 Å². The molecule has 4 heteroatoms. The lowest BCUT2D eigenvalue weighted by Gasteiger charge is -2.15. The molecule has 1 aromatic heterocycles. The number of nitrogens with one attached hydrogen (secondary N) is 1. The molecule has 1 N–H and O–H groups in total. The molecule has 2 rings (SSSR count). The molecule has 2 heterocycles. The highest BCUT2D eigenvalue weighted by Gasteiger charge is 2.22. The standard InChI is InChI=1S/C11H16BrNS2/c1-8-10(5-7-14-8)13-6-4-9-2-3-11(12)15-9/h2-3,8,10,13H,4-7H2,1H3. The monoisotopic (exact) mass is 305 g/mol. The first kappa shape index (κ1) is 12.0. The lowest BCUT2D eigenvalue weighted by Crippen LogP contribution is -2.34. The fourth-order valence-electron chi connectivity index (χ4n) is 1.87. The number of rotatable bonds is 4. The molecule has 0 saturated carbocycles. The summed E-state index contributed by atoms with van der Waals surface area (Å²) in [6.07, 6.45) is 2.49. The third-order valence-electron chi connectivity index (χ3n) is 2.78. The third-order valence-corrected chi connectivity index (χ3v) is 5.79. The summed E-state index contributed by atoms with van der Waals surface area (Å²) in [4.78, 5) is 1.47. The Kier molecular flexibility index (Phi) is 4.55. The fourth-order valence-corrected chi connectivity index (χ4v) is 4.58. The highest BCUT2D eigenvalue weighted by atomic mass is 79.9. The zero-order chi connectivity index (χ0) is 10.7. The average Bonchev–Trinajstić information content (AvgIpc) is 2.77. The first-order valence-corrected chi connectivity index (χ1v) is 8.01. The fraction of sp³-hybridized carbons (Fsp3) is 0.636. The molecule has 0 spiro atoms. The molecule has 15 heavy (non-hydrogen) atoms. The summed E-state index contributed by atoms with van der Waals surface area (Å²) in [5, 5.41) is 4.45. The second kappa shape index (κ2) is 5.71. The van der Waals surface area contributed by atoms with Crippen molar-refractivity contribution >= 4 is 39.0 Å². The van der Waals surface area contributed by atoms with E-state index in [1.54, 1.807) is 0 Å². The van der Waals surface area contributed by atoms with Gasteiger partial charge in [-0.2, -0.15) is 11.8 Å². The quantitative estimate of drug-likeness (QED) is 0.913. The third kappa shape index (κ3) is 3.48. The van der Waals surface area contributed by atoms with Gasteiger partial charge in [-0.15, -0.1) is 11.3 Å². The van der Waals surface area contributed by atoms with Crippen molar-refractivity contribution in [3.63, 3.8) is 0 Å². The molecule has 84 valence electrons. The molecule has 1 nitrogen and oxygen atoms in total. The Morgan fingerprint density at radius 3 is 3.00 bits per heavy atom. The summed E-state index contributed by atoms with van der Waals surface area (Å²) >= 11 is 7.43. The van der Waals surface area contributed by atoms with Crippen molar-refractivity contribution in [1.29, 1.82) is 0 Å². The molecule has 2 atom stereocenters. The van der Waals surface area contributed by atoms with Gasteiger partial charge in [-0.05, 0) is 46.7 Å². The van der Waals surface area contributed by atoms with Gasteiger partial charge < -0.3 is 5.32 Å². The summed E-state index contributed by atoms with van der Waals surface area (Å²) < 4.78 is 1.24. The minimum atomic E-state index is 0.735. The van der Waals surface area contributed by atoms with Crippen molar-refractivity contribution in [3.05, 3.63) is 20.8 Å². The molecule has 0 bridgehead atoms. The van der Waals surface area contributed by atoms with Crippen LogP contribution in [0, 0.1) is 0 Å². The summed E-state index contributed by atoms with van der Waals surface area (Å²) in [5.74, 6) is 1.32. The average molecular weight is 306 g/mol. The molecule has 2 unspecified atom stereocenters. The first-order valence-electron chi connectivity index (χ1n) is 5.35. The maximum atomic E-state index is 3.66. The summed E-state index contributed by atoms with van der Waals surface area (Å²) in [6.45, 7) is 3.44. The smallest absolute Gasteiger partial charge is 0.0701 e. The van der Waals surface area contributed by atoms with Crippen molar-refractivity contribution < 1.29 is 0 Å². The van der Waals surface area contributed by atoms with E-state index in [-0.39, 0.29) is 0 Å². The molecule has 1 saturated heterocycles. The highest BCUT2D eigenvalue weighted by Crippen LogP contribution is 2.26. The van der Waals surface area contributed by atoms with Gasteiger partial charge in [0.25, 0.3) is 0 Å². The predicted octanol–water partition coefficient (Wildman–Crippen LogP) is 3.54. The number of thiophene rings is 1. The highest BCUT2D eigenvalue weighted by molar-refractivity contribution is 9.11. The molecule has 1 aromatic rings. The topological polar surface area (TPSA) is 12.0 Å². The van der Waals surface area contributed by atoms with Crippen LogP contribution in [0.2, 0.25) is 0 Å². The molecular weight excluding hydrogens is 290 g/mol. The van der Waals surface area contributed by atoms with Crippen LogP contribution in [0.15, 0.2) is 15.9 Å². The maximum absolute atomic E-state index is 3.66. The normalized spacial score (nSPS) is 26.0. The van der Waals surface area contributed by atoms with Gasteiger partial charge in [0.2, 0.25) is 0 Å². The van der Waals surface area contributed by atoms with Crippen molar-refractivity contribution in [3.8, 4) is 0 Å². The summed E-state index contributed by atoms with van der Waals surface area (Å²) in [7, 11) is 0. The van der Waals surface area contributed by atoms with Gasteiger partial charge in [-0.1, -0.05) is 6.92 Å². The molecule has 1 fully saturated rings. The molecular formula is C11H16BrNS2. The second-order valence-corrected chi connectivity index (χ2v) is 7.91.